The number of rotatable bonds is 2. The van der Waals surface area contributed by atoms with Gasteiger partial charge in [0, 0.05) is 12.4 Å². The van der Waals surface area contributed by atoms with E-state index in [0.717, 1.165) is 23.4 Å². The average molecular weight is 243 g/mol. The highest BCUT2D eigenvalue weighted by molar-refractivity contribution is 5.50. The van der Waals surface area contributed by atoms with Crippen LogP contribution in [0.5, 0.6) is 0 Å². The standard InChI is InChI=1S/C11H11N5.C2H6/c1-9-11-3-2-10(14-16(11)8-13-9)6-15-5-4-12-7-15;1-2/h2-5,7-8H,6H2,1H3;1-2H3. The fourth-order valence-corrected chi connectivity index (χ4v) is 1.71. The Morgan fingerprint density at radius 2 is 2.00 bits per heavy atom. The number of hydrogen-bond acceptors (Lipinski definition) is 3. The van der Waals surface area contributed by atoms with E-state index in [1.54, 1.807) is 18.9 Å². The molecule has 0 N–H and O–H groups in total. The van der Waals surface area contributed by atoms with Crippen LogP contribution >= 0.6 is 0 Å². The van der Waals surface area contributed by atoms with Crippen LogP contribution in [0.1, 0.15) is 25.2 Å². The van der Waals surface area contributed by atoms with Crippen molar-refractivity contribution in [3.63, 3.8) is 0 Å². The van der Waals surface area contributed by atoms with Crippen LogP contribution in [0.25, 0.3) is 5.52 Å². The summed E-state index contributed by atoms with van der Waals surface area (Å²) in [7, 11) is 0. The van der Waals surface area contributed by atoms with Crippen LogP contribution in [0.4, 0.5) is 0 Å². The van der Waals surface area contributed by atoms with Crippen LogP contribution in [0, 0.1) is 6.92 Å². The zero-order valence-corrected chi connectivity index (χ0v) is 10.9. The van der Waals surface area contributed by atoms with Crippen molar-refractivity contribution in [1.29, 1.82) is 0 Å². The third kappa shape index (κ3) is 2.40. The van der Waals surface area contributed by atoms with E-state index in [2.05, 4.69) is 15.1 Å². The van der Waals surface area contributed by atoms with Crippen molar-refractivity contribution >= 4 is 5.52 Å². The summed E-state index contributed by atoms with van der Waals surface area (Å²) in [6.07, 6.45) is 7.21. The maximum Gasteiger partial charge on any atom is 0.118 e. The van der Waals surface area contributed by atoms with E-state index < -0.39 is 0 Å². The molecule has 0 bridgehead atoms. The molecule has 0 aliphatic heterocycles. The van der Waals surface area contributed by atoms with Gasteiger partial charge in [-0.15, -0.1) is 0 Å². The molecule has 0 unspecified atom stereocenters. The first-order valence-electron chi connectivity index (χ1n) is 6.08. The molecule has 18 heavy (non-hydrogen) atoms. The van der Waals surface area contributed by atoms with Gasteiger partial charge in [-0.25, -0.2) is 14.5 Å². The lowest BCUT2D eigenvalue weighted by Gasteiger charge is -2.02. The number of aromatic nitrogens is 5. The minimum absolute atomic E-state index is 0.729. The molecule has 0 saturated heterocycles. The monoisotopic (exact) mass is 243 g/mol. The second-order valence-corrected chi connectivity index (χ2v) is 3.72. The summed E-state index contributed by atoms with van der Waals surface area (Å²) in [6, 6.07) is 4.06. The molecule has 5 heteroatoms. The molecule has 3 aromatic rings. The highest BCUT2D eigenvalue weighted by atomic mass is 15.3. The molecule has 0 fully saturated rings. The Balaban J connectivity index is 0.000000574. The molecular weight excluding hydrogens is 226 g/mol. The van der Waals surface area contributed by atoms with Crippen molar-refractivity contribution in [3.8, 4) is 0 Å². The van der Waals surface area contributed by atoms with Gasteiger partial charge in [0.25, 0.3) is 0 Å². The molecule has 0 saturated carbocycles. The fourth-order valence-electron chi connectivity index (χ4n) is 1.71. The van der Waals surface area contributed by atoms with Gasteiger partial charge < -0.3 is 4.57 Å². The second-order valence-electron chi connectivity index (χ2n) is 3.72. The molecule has 0 aromatic carbocycles. The topological polar surface area (TPSA) is 48.0 Å². The third-order valence-electron chi connectivity index (χ3n) is 2.55. The first-order chi connectivity index (χ1) is 8.83. The molecule has 0 spiro atoms. The van der Waals surface area contributed by atoms with Gasteiger partial charge in [0.05, 0.1) is 29.8 Å². The Labute approximate surface area is 106 Å². The summed E-state index contributed by atoms with van der Waals surface area (Å²) < 4.78 is 3.79. The highest BCUT2D eigenvalue weighted by Gasteiger charge is 2.02. The van der Waals surface area contributed by atoms with Gasteiger partial charge in [0.15, 0.2) is 0 Å². The molecular formula is C13H17N5. The second kappa shape index (κ2) is 5.44. The normalized spacial score (nSPS) is 10.2. The summed E-state index contributed by atoms with van der Waals surface area (Å²) in [5.41, 5.74) is 3.04. The molecule has 3 heterocycles. The first-order valence-corrected chi connectivity index (χ1v) is 6.08. The molecule has 0 atom stereocenters. The number of fused-ring (bicyclic) bond motifs is 1. The number of nitrogens with zero attached hydrogens (tertiary/aromatic N) is 5. The quantitative estimate of drug-likeness (QED) is 0.694. The van der Waals surface area contributed by atoms with Crippen molar-refractivity contribution < 1.29 is 0 Å². The van der Waals surface area contributed by atoms with E-state index >= 15 is 0 Å². The maximum atomic E-state index is 4.48. The van der Waals surface area contributed by atoms with Crippen molar-refractivity contribution in [2.75, 3.05) is 0 Å². The molecule has 0 radical (unpaired) electrons. The first kappa shape index (κ1) is 12.3. The summed E-state index contributed by atoms with van der Waals surface area (Å²) in [6.45, 7) is 6.71. The van der Waals surface area contributed by atoms with Crippen molar-refractivity contribution in [1.82, 2.24) is 24.1 Å². The summed E-state index contributed by atoms with van der Waals surface area (Å²) in [5.74, 6) is 0. The van der Waals surface area contributed by atoms with Gasteiger partial charge in [0.2, 0.25) is 0 Å². The zero-order valence-electron chi connectivity index (χ0n) is 10.9. The van der Waals surface area contributed by atoms with Crippen LogP contribution in [-0.2, 0) is 6.54 Å². The smallest absolute Gasteiger partial charge is 0.118 e. The van der Waals surface area contributed by atoms with Crippen LogP contribution in [0.15, 0.2) is 37.2 Å². The Bertz CT molecular complexity index is 609. The minimum atomic E-state index is 0.729. The lowest BCUT2D eigenvalue weighted by Crippen LogP contribution is -2.02. The largest absolute Gasteiger partial charge is 0.331 e. The van der Waals surface area contributed by atoms with Gasteiger partial charge in [-0.1, -0.05) is 13.8 Å². The van der Waals surface area contributed by atoms with Crippen LogP contribution in [0.3, 0.4) is 0 Å². The molecule has 5 nitrogen and oxygen atoms in total. The van der Waals surface area contributed by atoms with Gasteiger partial charge in [-0.2, -0.15) is 5.10 Å². The predicted octanol–water partition coefficient (Wildman–Crippen LogP) is 2.31. The summed E-state index contributed by atoms with van der Waals surface area (Å²) >= 11 is 0. The predicted molar refractivity (Wildman–Crippen MR) is 70.4 cm³/mol. The van der Waals surface area contributed by atoms with Gasteiger partial charge >= 0.3 is 0 Å². The van der Waals surface area contributed by atoms with E-state index in [1.165, 1.54) is 0 Å². The number of aryl methyl sites for hydroxylation is 1. The Morgan fingerprint density at radius 1 is 1.17 bits per heavy atom. The van der Waals surface area contributed by atoms with Crippen molar-refractivity contribution in [2.24, 2.45) is 0 Å². The van der Waals surface area contributed by atoms with Crippen LogP contribution in [-0.4, -0.2) is 24.1 Å². The van der Waals surface area contributed by atoms with Crippen LogP contribution < -0.4 is 0 Å². The number of hydrogen-bond donors (Lipinski definition) is 0. The molecule has 3 rings (SSSR count). The highest BCUT2D eigenvalue weighted by Crippen LogP contribution is 2.08. The minimum Gasteiger partial charge on any atom is -0.331 e. The maximum absolute atomic E-state index is 4.48. The molecule has 0 aliphatic carbocycles. The van der Waals surface area contributed by atoms with E-state index in [4.69, 9.17) is 0 Å². The average Bonchev–Trinajstić information content (AvgIpc) is 3.03. The van der Waals surface area contributed by atoms with Crippen molar-refractivity contribution in [2.45, 2.75) is 27.3 Å². The van der Waals surface area contributed by atoms with E-state index in [9.17, 15) is 0 Å². The van der Waals surface area contributed by atoms with E-state index in [1.807, 2.05) is 48.2 Å². The lowest BCUT2D eigenvalue weighted by molar-refractivity contribution is 0.738. The van der Waals surface area contributed by atoms with E-state index in [-0.39, 0.29) is 0 Å². The Kier molecular flexibility index (Phi) is 3.72. The lowest BCUT2D eigenvalue weighted by atomic mass is 10.3. The summed E-state index contributed by atoms with van der Waals surface area (Å²) in [4.78, 5) is 8.22. The van der Waals surface area contributed by atoms with Gasteiger partial charge in [0.1, 0.15) is 6.33 Å². The van der Waals surface area contributed by atoms with Crippen molar-refractivity contribution in [3.05, 3.63) is 48.6 Å². The Hall–Kier alpha value is -2.17. The van der Waals surface area contributed by atoms with Gasteiger partial charge in [-0.3, -0.25) is 0 Å². The molecule has 94 valence electrons. The SMILES string of the molecule is CC.Cc1ncn2nc(Cn3ccnc3)ccc12. The Morgan fingerprint density at radius 3 is 2.72 bits per heavy atom. The number of imidazole rings is 2. The zero-order chi connectivity index (χ0) is 13.0. The molecule has 0 aliphatic rings. The van der Waals surface area contributed by atoms with E-state index in [0.29, 0.717) is 0 Å². The molecule has 0 amide bonds. The third-order valence-corrected chi connectivity index (χ3v) is 2.55. The fraction of sp³-hybridized carbons (Fsp3) is 0.308. The summed E-state index contributed by atoms with van der Waals surface area (Å²) in [5, 5.41) is 4.48. The molecule has 3 aromatic heterocycles. The van der Waals surface area contributed by atoms with Crippen LogP contribution in [0.2, 0.25) is 0 Å². The van der Waals surface area contributed by atoms with Gasteiger partial charge in [-0.05, 0) is 19.1 Å².